The van der Waals surface area contributed by atoms with Crippen LogP contribution in [0.15, 0.2) is 6.07 Å². The molecule has 1 aromatic rings. The number of sulfone groups is 1. The van der Waals surface area contributed by atoms with Crippen molar-refractivity contribution >= 4 is 15.7 Å². The third kappa shape index (κ3) is 2.80. The maximum atomic E-state index is 12.4. The number of carbonyl (C=O) groups excluding carboxylic acids is 1. The van der Waals surface area contributed by atoms with Crippen LogP contribution >= 0.6 is 0 Å². The Labute approximate surface area is 113 Å². The van der Waals surface area contributed by atoms with E-state index >= 15 is 0 Å². The van der Waals surface area contributed by atoms with E-state index in [9.17, 15) is 13.2 Å². The number of rotatable bonds is 3. The molecule has 1 aromatic heterocycles. The summed E-state index contributed by atoms with van der Waals surface area (Å²) in [5.41, 5.74) is 1.28. The molecular formula is C12H19N3O3S. The highest BCUT2D eigenvalue weighted by molar-refractivity contribution is 7.91. The van der Waals surface area contributed by atoms with Crippen LogP contribution in [0.5, 0.6) is 0 Å². The average Bonchev–Trinajstić information content (AvgIpc) is 2.84. The smallest absolute Gasteiger partial charge is 0.274 e. The number of hydrogen-bond acceptors (Lipinski definition) is 4. The van der Waals surface area contributed by atoms with Gasteiger partial charge in [-0.25, -0.2) is 8.42 Å². The van der Waals surface area contributed by atoms with Crippen molar-refractivity contribution in [2.75, 3.05) is 18.1 Å². The number of aromatic nitrogens is 2. The van der Waals surface area contributed by atoms with E-state index < -0.39 is 9.84 Å². The second kappa shape index (κ2) is 4.96. The summed E-state index contributed by atoms with van der Waals surface area (Å²) in [6.07, 6.45) is 0.522. The summed E-state index contributed by atoms with van der Waals surface area (Å²) in [6, 6.07) is 1.51. The summed E-state index contributed by atoms with van der Waals surface area (Å²) in [4.78, 5) is 14.0. The quantitative estimate of drug-likeness (QED) is 0.805. The Morgan fingerprint density at radius 2 is 2.26 bits per heavy atom. The number of aryl methyl sites for hydroxylation is 2. The molecule has 2 heterocycles. The highest BCUT2D eigenvalue weighted by atomic mass is 32.2. The molecule has 1 fully saturated rings. The Morgan fingerprint density at radius 1 is 1.58 bits per heavy atom. The molecule has 7 heteroatoms. The third-order valence-corrected chi connectivity index (χ3v) is 5.33. The fraction of sp³-hybridized carbons (Fsp3) is 0.667. The zero-order valence-electron chi connectivity index (χ0n) is 11.5. The van der Waals surface area contributed by atoms with Crippen LogP contribution in [0.1, 0.15) is 29.5 Å². The van der Waals surface area contributed by atoms with Gasteiger partial charge in [-0.15, -0.1) is 0 Å². The molecule has 1 atom stereocenters. The fourth-order valence-electron chi connectivity index (χ4n) is 2.40. The molecule has 0 aromatic carbocycles. The van der Waals surface area contributed by atoms with E-state index in [1.165, 1.54) is 0 Å². The van der Waals surface area contributed by atoms with Crippen molar-refractivity contribution in [1.29, 1.82) is 0 Å². The molecule has 0 radical (unpaired) electrons. The normalized spacial score (nSPS) is 21.5. The lowest BCUT2D eigenvalue weighted by atomic mass is 10.2. The van der Waals surface area contributed by atoms with E-state index in [2.05, 4.69) is 5.10 Å². The van der Waals surface area contributed by atoms with Gasteiger partial charge in [-0.2, -0.15) is 5.10 Å². The summed E-state index contributed by atoms with van der Waals surface area (Å²) < 4.78 is 24.7. The molecular weight excluding hydrogens is 266 g/mol. The average molecular weight is 285 g/mol. The van der Waals surface area contributed by atoms with E-state index in [4.69, 9.17) is 0 Å². The monoisotopic (exact) mass is 285 g/mol. The van der Waals surface area contributed by atoms with Gasteiger partial charge in [0.1, 0.15) is 0 Å². The van der Waals surface area contributed by atoms with E-state index in [1.807, 2.05) is 13.8 Å². The summed E-state index contributed by atoms with van der Waals surface area (Å²) in [7, 11) is -1.21. The maximum Gasteiger partial charge on any atom is 0.274 e. The first-order valence-electron chi connectivity index (χ1n) is 6.36. The van der Waals surface area contributed by atoms with Crippen LogP contribution in [-0.4, -0.2) is 53.1 Å². The van der Waals surface area contributed by atoms with Crippen LogP contribution in [0, 0.1) is 6.92 Å². The first-order chi connectivity index (χ1) is 8.84. The molecule has 1 unspecified atom stereocenters. The molecule has 1 saturated heterocycles. The van der Waals surface area contributed by atoms with Crippen LogP contribution in [0.4, 0.5) is 0 Å². The molecule has 0 aliphatic carbocycles. The van der Waals surface area contributed by atoms with Crippen molar-refractivity contribution < 1.29 is 13.2 Å². The predicted molar refractivity (Wildman–Crippen MR) is 71.7 cm³/mol. The van der Waals surface area contributed by atoms with Gasteiger partial charge in [0.25, 0.3) is 5.91 Å². The lowest BCUT2D eigenvalue weighted by Gasteiger charge is -2.25. The predicted octanol–water partition coefficient (Wildman–Crippen LogP) is 0.378. The van der Waals surface area contributed by atoms with Gasteiger partial charge >= 0.3 is 0 Å². The largest absolute Gasteiger partial charge is 0.333 e. The molecule has 1 aliphatic rings. The SMILES string of the molecule is CCN(C(=O)c1cc(C)n(C)n1)C1CCS(=O)(=O)C1. The van der Waals surface area contributed by atoms with E-state index in [-0.39, 0.29) is 23.5 Å². The third-order valence-electron chi connectivity index (χ3n) is 3.58. The minimum Gasteiger partial charge on any atom is -0.333 e. The van der Waals surface area contributed by atoms with Gasteiger partial charge in [0.15, 0.2) is 15.5 Å². The van der Waals surface area contributed by atoms with Crippen molar-refractivity contribution in [2.24, 2.45) is 7.05 Å². The van der Waals surface area contributed by atoms with Gasteiger partial charge in [0.2, 0.25) is 0 Å². The second-order valence-corrected chi connectivity index (χ2v) is 7.17. The van der Waals surface area contributed by atoms with E-state index in [0.29, 0.717) is 18.7 Å². The van der Waals surface area contributed by atoms with Crippen LogP contribution in [0.3, 0.4) is 0 Å². The molecule has 0 spiro atoms. The molecule has 2 rings (SSSR count). The summed E-state index contributed by atoms with van der Waals surface area (Å²) in [6.45, 7) is 4.23. The van der Waals surface area contributed by atoms with Crippen molar-refractivity contribution in [1.82, 2.24) is 14.7 Å². The zero-order valence-corrected chi connectivity index (χ0v) is 12.3. The molecule has 106 valence electrons. The van der Waals surface area contributed by atoms with Gasteiger partial charge in [-0.1, -0.05) is 0 Å². The minimum absolute atomic E-state index is 0.0679. The maximum absolute atomic E-state index is 12.4. The minimum atomic E-state index is -2.99. The Morgan fingerprint density at radius 3 is 2.68 bits per heavy atom. The van der Waals surface area contributed by atoms with Gasteiger partial charge in [0, 0.05) is 25.3 Å². The number of hydrogen-bond donors (Lipinski definition) is 0. The summed E-state index contributed by atoms with van der Waals surface area (Å²) in [5, 5.41) is 4.16. The van der Waals surface area contributed by atoms with Crippen molar-refractivity contribution in [2.45, 2.75) is 26.3 Å². The highest BCUT2D eigenvalue weighted by Gasteiger charge is 2.34. The highest BCUT2D eigenvalue weighted by Crippen LogP contribution is 2.19. The lowest BCUT2D eigenvalue weighted by molar-refractivity contribution is 0.0701. The van der Waals surface area contributed by atoms with Crippen molar-refractivity contribution in [3.05, 3.63) is 17.5 Å². The van der Waals surface area contributed by atoms with Crippen LogP contribution < -0.4 is 0 Å². The Hall–Kier alpha value is -1.37. The van der Waals surface area contributed by atoms with Gasteiger partial charge in [-0.3, -0.25) is 9.48 Å². The second-order valence-electron chi connectivity index (χ2n) is 4.94. The molecule has 0 saturated carbocycles. The van der Waals surface area contributed by atoms with Crippen LogP contribution in [0.2, 0.25) is 0 Å². The Balaban J connectivity index is 2.20. The van der Waals surface area contributed by atoms with Gasteiger partial charge < -0.3 is 4.90 Å². The van der Waals surface area contributed by atoms with Gasteiger partial charge in [0.05, 0.1) is 11.5 Å². The first-order valence-corrected chi connectivity index (χ1v) is 8.18. The molecule has 19 heavy (non-hydrogen) atoms. The van der Waals surface area contributed by atoms with E-state index in [1.54, 1.807) is 22.7 Å². The molecule has 1 aliphatic heterocycles. The lowest BCUT2D eigenvalue weighted by Crippen LogP contribution is -2.41. The van der Waals surface area contributed by atoms with Crippen LogP contribution in [0.25, 0.3) is 0 Å². The first kappa shape index (κ1) is 14.0. The zero-order chi connectivity index (χ0) is 14.2. The fourth-order valence-corrected chi connectivity index (χ4v) is 4.13. The van der Waals surface area contributed by atoms with E-state index in [0.717, 1.165) is 5.69 Å². The molecule has 0 bridgehead atoms. The summed E-state index contributed by atoms with van der Waals surface area (Å²) >= 11 is 0. The van der Waals surface area contributed by atoms with Crippen LogP contribution in [-0.2, 0) is 16.9 Å². The molecule has 0 N–H and O–H groups in total. The topological polar surface area (TPSA) is 72.3 Å². The van der Waals surface area contributed by atoms with Crippen molar-refractivity contribution in [3.63, 3.8) is 0 Å². The molecule has 1 amide bonds. The number of carbonyl (C=O) groups is 1. The molecule has 6 nitrogen and oxygen atoms in total. The number of nitrogens with zero attached hydrogens (tertiary/aromatic N) is 3. The number of amides is 1. The van der Waals surface area contributed by atoms with Crippen molar-refractivity contribution in [3.8, 4) is 0 Å². The Bertz CT molecular complexity index is 572. The van der Waals surface area contributed by atoms with Gasteiger partial charge in [-0.05, 0) is 26.3 Å². The summed E-state index contributed by atoms with van der Waals surface area (Å²) in [5.74, 6) is 0.0504. The Kier molecular flexibility index (Phi) is 3.66. The standard InChI is InChI=1S/C12H19N3O3S/c1-4-15(10-5-6-19(17,18)8-10)12(16)11-7-9(2)14(3)13-11/h7,10H,4-6,8H2,1-3H3.